The van der Waals surface area contributed by atoms with Crippen LogP contribution in [0.15, 0.2) is 43.0 Å². The van der Waals surface area contributed by atoms with E-state index in [0.29, 0.717) is 0 Å². The minimum Gasteiger partial charge on any atom is -0.308 e. The molecule has 1 aromatic carbocycles. The van der Waals surface area contributed by atoms with Crippen molar-refractivity contribution in [3.05, 3.63) is 59.1 Å². The summed E-state index contributed by atoms with van der Waals surface area (Å²) in [5, 5.41) is 4.09. The van der Waals surface area contributed by atoms with E-state index in [-0.39, 0.29) is 0 Å². The van der Waals surface area contributed by atoms with E-state index in [1.54, 1.807) is 12.4 Å². The molecule has 0 radical (unpaired) electrons. The molecule has 1 heterocycles. The fourth-order valence-electron chi connectivity index (χ4n) is 1.40. The van der Waals surface area contributed by atoms with Gasteiger partial charge in [0, 0.05) is 36.1 Å². The lowest BCUT2D eigenvalue weighted by Crippen LogP contribution is -2.13. The Bertz CT molecular complexity index is 445. The largest absolute Gasteiger partial charge is 0.308 e. The maximum atomic E-state index is 6.04. The molecule has 0 aliphatic heterocycles. The van der Waals surface area contributed by atoms with Crippen LogP contribution in [0, 0.1) is 0 Å². The van der Waals surface area contributed by atoms with Crippen molar-refractivity contribution in [2.24, 2.45) is 0 Å². The summed E-state index contributed by atoms with van der Waals surface area (Å²) < 4.78 is 0. The molecule has 0 atom stereocenters. The zero-order valence-electron chi connectivity index (χ0n) is 8.73. The lowest BCUT2D eigenvalue weighted by atomic mass is 10.2. The third-order valence-corrected chi connectivity index (χ3v) is 2.59. The van der Waals surface area contributed by atoms with Gasteiger partial charge in [0.2, 0.25) is 0 Å². The summed E-state index contributed by atoms with van der Waals surface area (Å²) in [5.41, 5.74) is 2.16. The number of nitrogens with one attached hydrogen (secondary N) is 1. The van der Waals surface area contributed by atoms with E-state index in [4.69, 9.17) is 11.6 Å². The van der Waals surface area contributed by atoms with Crippen molar-refractivity contribution in [2.75, 3.05) is 0 Å². The Morgan fingerprint density at radius 3 is 2.56 bits per heavy atom. The van der Waals surface area contributed by atoms with Crippen molar-refractivity contribution >= 4 is 11.6 Å². The fourth-order valence-corrected chi connectivity index (χ4v) is 1.61. The van der Waals surface area contributed by atoms with Gasteiger partial charge in [0.1, 0.15) is 6.33 Å². The highest BCUT2D eigenvalue weighted by Crippen LogP contribution is 2.14. The summed E-state index contributed by atoms with van der Waals surface area (Å²) in [6.45, 7) is 1.49. The molecule has 0 saturated heterocycles. The molecule has 1 aromatic heterocycles. The molecular weight excluding hydrogens is 222 g/mol. The first-order valence-electron chi connectivity index (χ1n) is 5.04. The van der Waals surface area contributed by atoms with E-state index in [9.17, 15) is 0 Å². The van der Waals surface area contributed by atoms with Crippen molar-refractivity contribution in [3.63, 3.8) is 0 Å². The average Bonchev–Trinajstić information content (AvgIpc) is 2.33. The molecule has 0 unspecified atom stereocenters. The molecule has 2 rings (SSSR count). The molecule has 0 aliphatic carbocycles. The molecule has 0 fully saturated rings. The van der Waals surface area contributed by atoms with Crippen molar-refractivity contribution in [2.45, 2.75) is 13.1 Å². The van der Waals surface area contributed by atoms with E-state index in [1.807, 2.05) is 24.3 Å². The van der Waals surface area contributed by atoms with E-state index < -0.39 is 0 Å². The topological polar surface area (TPSA) is 37.8 Å². The predicted octanol–water partition coefficient (Wildman–Crippen LogP) is 2.42. The predicted molar refractivity (Wildman–Crippen MR) is 64.0 cm³/mol. The quantitative estimate of drug-likeness (QED) is 0.882. The average molecular weight is 234 g/mol. The summed E-state index contributed by atoms with van der Waals surface area (Å²) in [6.07, 6.45) is 5.12. The third-order valence-electron chi connectivity index (χ3n) is 2.22. The van der Waals surface area contributed by atoms with E-state index in [1.165, 1.54) is 6.33 Å². The van der Waals surface area contributed by atoms with E-state index >= 15 is 0 Å². The maximum absolute atomic E-state index is 6.04. The Morgan fingerprint density at radius 2 is 1.81 bits per heavy atom. The number of rotatable bonds is 4. The van der Waals surface area contributed by atoms with E-state index in [0.717, 1.165) is 29.2 Å². The first-order chi connectivity index (χ1) is 7.86. The van der Waals surface area contributed by atoms with Crippen LogP contribution in [-0.2, 0) is 13.1 Å². The first-order valence-corrected chi connectivity index (χ1v) is 5.42. The minimum atomic E-state index is 0.742. The first kappa shape index (κ1) is 11.0. The number of hydrogen-bond donors (Lipinski definition) is 1. The summed E-state index contributed by atoms with van der Waals surface area (Å²) in [6, 6.07) is 7.81. The fraction of sp³-hybridized carbons (Fsp3) is 0.167. The smallest absolute Gasteiger partial charge is 0.115 e. The van der Waals surface area contributed by atoms with Crippen molar-refractivity contribution in [1.29, 1.82) is 0 Å². The second kappa shape index (κ2) is 5.58. The monoisotopic (exact) mass is 233 g/mol. The molecule has 4 heteroatoms. The number of halogens is 1. The summed E-state index contributed by atoms with van der Waals surface area (Å²) in [5.74, 6) is 0. The molecule has 0 aliphatic rings. The molecule has 2 aromatic rings. The van der Waals surface area contributed by atoms with Crippen LogP contribution < -0.4 is 5.32 Å². The third kappa shape index (κ3) is 3.02. The van der Waals surface area contributed by atoms with E-state index in [2.05, 4.69) is 15.3 Å². The van der Waals surface area contributed by atoms with Gasteiger partial charge in [-0.25, -0.2) is 9.97 Å². The van der Waals surface area contributed by atoms with Crippen LogP contribution >= 0.6 is 11.6 Å². The normalized spacial score (nSPS) is 10.3. The molecule has 0 bridgehead atoms. The van der Waals surface area contributed by atoms with Crippen molar-refractivity contribution in [1.82, 2.24) is 15.3 Å². The highest BCUT2D eigenvalue weighted by atomic mass is 35.5. The van der Waals surface area contributed by atoms with Gasteiger partial charge in [-0.2, -0.15) is 0 Å². The van der Waals surface area contributed by atoms with Crippen molar-refractivity contribution in [3.8, 4) is 0 Å². The number of hydrogen-bond acceptors (Lipinski definition) is 3. The zero-order chi connectivity index (χ0) is 11.2. The van der Waals surface area contributed by atoms with Crippen LogP contribution in [-0.4, -0.2) is 9.97 Å². The SMILES string of the molecule is Clc1ccccc1CNCc1cncnc1. The maximum Gasteiger partial charge on any atom is 0.115 e. The molecule has 0 amide bonds. The summed E-state index contributed by atoms with van der Waals surface area (Å²) in [4.78, 5) is 7.90. The lowest BCUT2D eigenvalue weighted by Gasteiger charge is -2.05. The Balaban J connectivity index is 1.87. The highest BCUT2D eigenvalue weighted by molar-refractivity contribution is 6.31. The molecule has 16 heavy (non-hydrogen) atoms. The molecule has 3 nitrogen and oxygen atoms in total. The van der Waals surface area contributed by atoms with Crippen molar-refractivity contribution < 1.29 is 0 Å². The molecule has 0 spiro atoms. The Kier molecular flexibility index (Phi) is 3.86. The van der Waals surface area contributed by atoms with Gasteiger partial charge in [0.25, 0.3) is 0 Å². The van der Waals surface area contributed by atoms with Gasteiger partial charge in [0.05, 0.1) is 0 Å². The lowest BCUT2D eigenvalue weighted by molar-refractivity contribution is 0.689. The minimum absolute atomic E-state index is 0.742. The highest BCUT2D eigenvalue weighted by Gasteiger charge is 1.98. The molecule has 0 saturated carbocycles. The number of aromatic nitrogens is 2. The second-order valence-corrected chi connectivity index (χ2v) is 3.85. The number of nitrogens with zero attached hydrogens (tertiary/aromatic N) is 2. The van der Waals surface area contributed by atoms with Crippen LogP contribution in [0.5, 0.6) is 0 Å². The molecular formula is C12H12ClN3. The Morgan fingerprint density at radius 1 is 1.06 bits per heavy atom. The van der Waals surface area contributed by atoms with Crippen LogP contribution in [0.4, 0.5) is 0 Å². The Hall–Kier alpha value is -1.45. The van der Waals surface area contributed by atoms with Gasteiger partial charge in [-0.05, 0) is 11.6 Å². The second-order valence-electron chi connectivity index (χ2n) is 3.44. The summed E-state index contributed by atoms with van der Waals surface area (Å²) >= 11 is 6.04. The summed E-state index contributed by atoms with van der Waals surface area (Å²) in [7, 11) is 0. The van der Waals surface area contributed by atoms with Gasteiger partial charge < -0.3 is 5.32 Å². The molecule has 1 N–H and O–H groups in total. The van der Waals surface area contributed by atoms with Crippen LogP contribution in [0.3, 0.4) is 0 Å². The van der Waals surface area contributed by atoms with Crippen LogP contribution in [0.25, 0.3) is 0 Å². The standard InChI is InChI=1S/C12H12ClN3/c13-12-4-2-1-3-11(12)8-14-5-10-6-15-9-16-7-10/h1-4,6-7,9,14H,5,8H2. The van der Waals surface area contributed by atoms with Gasteiger partial charge in [-0.15, -0.1) is 0 Å². The van der Waals surface area contributed by atoms with Crippen LogP contribution in [0.2, 0.25) is 5.02 Å². The Labute approximate surface area is 99.5 Å². The number of benzene rings is 1. The van der Waals surface area contributed by atoms with Gasteiger partial charge in [0.15, 0.2) is 0 Å². The van der Waals surface area contributed by atoms with Crippen LogP contribution in [0.1, 0.15) is 11.1 Å². The van der Waals surface area contributed by atoms with Gasteiger partial charge in [-0.3, -0.25) is 0 Å². The van der Waals surface area contributed by atoms with Gasteiger partial charge in [-0.1, -0.05) is 29.8 Å². The zero-order valence-corrected chi connectivity index (χ0v) is 9.48. The van der Waals surface area contributed by atoms with Gasteiger partial charge >= 0.3 is 0 Å². The molecule has 82 valence electrons.